The van der Waals surface area contributed by atoms with E-state index in [1.807, 2.05) is 0 Å². The Balaban J connectivity index is 1.75. The molecule has 0 heterocycles. The van der Waals surface area contributed by atoms with Crippen LogP contribution in [0.15, 0.2) is 29.8 Å². The van der Waals surface area contributed by atoms with Crippen LogP contribution in [0.3, 0.4) is 0 Å². The van der Waals surface area contributed by atoms with Crippen LogP contribution in [0.2, 0.25) is 0 Å². The third-order valence-corrected chi connectivity index (χ3v) is 3.35. The normalized spacial score (nSPS) is 15.6. The van der Waals surface area contributed by atoms with Gasteiger partial charge < -0.3 is 5.32 Å². The monoisotopic (exact) mass is 251 g/mol. The number of rotatable bonds is 5. The molecule has 18 heavy (non-hydrogen) atoms. The van der Waals surface area contributed by atoms with Crippen LogP contribution in [0.4, 0.5) is 8.78 Å². The summed E-state index contributed by atoms with van der Waals surface area (Å²) in [5.74, 6) is -1.51. The van der Waals surface area contributed by atoms with E-state index in [-0.39, 0.29) is 0 Å². The second kappa shape index (κ2) is 6.64. The lowest BCUT2D eigenvalue weighted by Gasteiger charge is -2.13. The van der Waals surface area contributed by atoms with E-state index in [0.29, 0.717) is 12.1 Å². The lowest BCUT2D eigenvalue weighted by Crippen LogP contribution is -2.16. The van der Waals surface area contributed by atoms with Gasteiger partial charge in [-0.05, 0) is 44.7 Å². The summed E-state index contributed by atoms with van der Waals surface area (Å²) in [6, 6.07) is 4.30. The van der Waals surface area contributed by atoms with Gasteiger partial charge in [0.2, 0.25) is 0 Å². The highest BCUT2D eigenvalue weighted by molar-refractivity contribution is 5.18. The highest BCUT2D eigenvalue weighted by Gasteiger charge is 2.07. The molecule has 0 saturated carbocycles. The van der Waals surface area contributed by atoms with E-state index >= 15 is 0 Å². The van der Waals surface area contributed by atoms with Gasteiger partial charge in [0.15, 0.2) is 11.6 Å². The smallest absolute Gasteiger partial charge is 0.163 e. The van der Waals surface area contributed by atoms with E-state index in [4.69, 9.17) is 0 Å². The Bertz CT molecular complexity index is 427. The summed E-state index contributed by atoms with van der Waals surface area (Å²) in [6.45, 7) is 1.21. The molecule has 0 radical (unpaired) electrons. The van der Waals surface area contributed by atoms with Gasteiger partial charge in [0.05, 0.1) is 0 Å². The molecule has 0 fully saturated rings. The molecule has 1 aromatic rings. The van der Waals surface area contributed by atoms with Crippen molar-refractivity contribution >= 4 is 0 Å². The highest BCUT2D eigenvalue weighted by Crippen LogP contribution is 2.19. The average Bonchev–Trinajstić information content (AvgIpc) is 2.40. The Morgan fingerprint density at radius 2 is 2.06 bits per heavy atom. The molecular formula is C15H19F2N. The van der Waals surface area contributed by atoms with Crippen molar-refractivity contribution in [2.24, 2.45) is 0 Å². The first-order valence-corrected chi connectivity index (χ1v) is 6.59. The summed E-state index contributed by atoms with van der Waals surface area (Å²) < 4.78 is 26.3. The van der Waals surface area contributed by atoms with Gasteiger partial charge in [-0.3, -0.25) is 0 Å². The van der Waals surface area contributed by atoms with Gasteiger partial charge in [-0.25, -0.2) is 8.78 Å². The number of halogens is 2. The molecule has 0 atom stereocenters. The zero-order valence-corrected chi connectivity index (χ0v) is 10.5. The molecule has 0 unspecified atom stereocenters. The second-order valence-corrected chi connectivity index (χ2v) is 4.75. The van der Waals surface area contributed by atoms with Gasteiger partial charge in [-0.2, -0.15) is 0 Å². The molecule has 1 N–H and O–H groups in total. The maximum absolute atomic E-state index is 13.4. The Kier molecular flexibility index (Phi) is 4.88. The van der Waals surface area contributed by atoms with Crippen molar-refractivity contribution in [1.29, 1.82) is 0 Å². The fourth-order valence-corrected chi connectivity index (χ4v) is 2.29. The fourth-order valence-electron chi connectivity index (χ4n) is 2.29. The van der Waals surface area contributed by atoms with Crippen molar-refractivity contribution in [3.05, 3.63) is 47.0 Å². The first-order valence-electron chi connectivity index (χ1n) is 6.59. The van der Waals surface area contributed by atoms with Gasteiger partial charge >= 0.3 is 0 Å². The average molecular weight is 251 g/mol. The number of hydrogen-bond acceptors (Lipinski definition) is 1. The number of allylic oxidation sites excluding steroid dienone is 1. The molecule has 1 nitrogen and oxygen atoms in total. The zero-order chi connectivity index (χ0) is 12.8. The summed E-state index contributed by atoms with van der Waals surface area (Å²) in [5.41, 5.74) is 1.89. The summed E-state index contributed by atoms with van der Waals surface area (Å²) in [4.78, 5) is 0. The Hall–Kier alpha value is -1.22. The predicted molar refractivity (Wildman–Crippen MR) is 69.2 cm³/mol. The van der Waals surface area contributed by atoms with Crippen LogP contribution in [0.5, 0.6) is 0 Å². The third kappa shape index (κ3) is 3.64. The summed E-state index contributed by atoms with van der Waals surface area (Å²) >= 11 is 0. The van der Waals surface area contributed by atoms with Gasteiger partial charge in [-0.15, -0.1) is 0 Å². The predicted octanol–water partition coefficient (Wildman–Crippen LogP) is 3.94. The standard InChI is InChI=1S/C15H19F2N/c16-14-8-4-7-13(15(14)17)11-18-10-9-12-5-2-1-3-6-12/h4-5,7-8,18H,1-3,6,9-11H2. The van der Waals surface area contributed by atoms with Crippen molar-refractivity contribution in [1.82, 2.24) is 5.32 Å². The molecule has 0 bridgehead atoms. The van der Waals surface area contributed by atoms with Crippen LogP contribution >= 0.6 is 0 Å². The molecule has 0 aromatic heterocycles. The first kappa shape index (κ1) is 13.2. The number of hydrogen-bond donors (Lipinski definition) is 1. The zero-order valence-electron chi connectivity index (χ0n) is 10.5. The Morgan fingerprint density at radius 1 is 1.17 bits per heavy atom. The molecule has 1 aromatic carbocycles. The largest absolute Gasteiger partial charge is 0.312 e. The summed E-state index contributed by atoms with van der Waals surface area (Å²) in [6.07, 6.45) is 8.28. The van der Waals surface area contributed by atoms with Crippen molar-refractivity contribution in [2.45, 2.75) is 38.6 Å². The lowest BCUT2D eigenvalue weighted by molar-refractivity contribution is 0.492. The van der Waals surface area contributed by atoms with Crippen molar-refractivity contribution in [2.75, 3.05) is 6.54 Å². The maximum atomic E-state index is 13.4. The molecular weight excluding hydrogens is 232 g/mol. The topological polar surface area (TPSA) is 12.0 Å². The SMILES string of the molecule is Fc1cccc(CNCCC2=CCCCC2)c1F. The third-order valence-electron chi connectivity index (χ3n) is 3.35. The summed E-state index contributed by atoms with van der Waals surface area (Å²) in [5, 5.41) is 3.17. The van der Waals surface area contributed by atoms with Crippen molar-refractivity contribution in [3.8, 4) is 0 Å². The molecule has 98 valence electrons. The van der Waals surface area contributed by atoms with E-state index in [0.717, 1.165) is 19.0 Å². The quantitative estimate of drug-likeness (QED) is 0.617. The van der Waals surface area contributed by atoms with Gasteiger partial charge in [0.25, 0.3) is 0 Å². The molecule has 0 amide bonds. The molecule has 1 aliphatic rings. The van der Waals surface area contributed by atoms with Crippen LogP contribution in [0.1, 0.15) is 37.7 Å². The molecule has 0 aliphatic heterocycles. The van der Waals surface area contributed by atoms with E-state index in [1.54, 1.807) is 12.1 Å². The van der Waals surface area contributed by atoms with Crippen molar-refractivity contribution < 1.29 is 8.78 Å². The molecule has 3 heteroatoms. The van der Waals surface area contributed by atoms with Crippen LogP contribution in [0.25, 0.3) is 0 Å². The van der Waals surface area contributed by atoms with Gasteiger partial charge in [0, 0.05) is 12.1 Å². The molecule has 2 rings (SSSR count). The van der Waals surface area contributed by atoms with Crippen LogP contribution in [0, 0.1) is 11.6 Å². The van der Waals surface area contributed by atoms with E-state index in [2.05, 4.69) is 11.4 Å². The van der Waals surface area contributed by atoms with Gasteiger partial charge in [-0.1, -0.05) is 23.8 Å². The minimum absolute atomic E-state index is 0.386. The minimum Gasteiger partial charge on any atom is -0.312 e. The molecule has 0 spiro atoms. The minimum atomic E-state index is -0.774. The van der Waals surface area contributed by atoms with Crippen LogP contribution < -0.4 is 5.32 Å². The molecule has 1 aliphatic carbocycles. The van der Waals surface area contributed by atoms with E-state index in [1.165, 1.54) is 31.3 Å². The lowest BCUT2D eigenvalue weighted by atomic mass is 9.97. The second-order valence-electron chi connectivity index (χ2n) is 4.75. The van der Waals surface area contributed by atoms with E-state index < -0.39 is 11.6 Å². The Morgan fingerprint density at radius 3 is 2.83 bits per heavy atom. The number of nitrogens with one attached hydrogen (secondary N) is 1. The molecule has 0 saturated heterocycles. The van der Waals surface area contributed by atoms with Crippen LogP contribution in [-0.2, 0) is 6.54 Å². The van der Waals surface area contributed by atoms with E-state index in [9.17, 15) is 8.78 Å². The summed E-state index contributed by atoms with van der Waals surface area (Å²) in [7, 11) is 0. The fraction of sp³-hybridized carbons (Fsp3) is 0.467. The van der Waals surface area contributed by atoms with Crippen LogP contribution in [-0.4, -0.2) is 6.54 Å². The first-order chi connectivity index (χ1) is 8.77. The number of benzene rings is 1. The maximum Gasteiger partial charge on any atom is 0.163 e. The van der Waals surface area contributed by atoms with Crippen molar-refractivity contribution in [3.63, 3.8) is 0 Å². The Labute approximate surface area is 107 Å². The van der Waals surface area contributed by atoms with Gasteiger partial charge in [0.1, 0.15) is 0 Å². The highest BCUT2D eigenvalue weighted by atomic mass is 19.2.